The van der Waals surface area contributed by atoms with Crippen molar-refractivity contribution in [2.24, 2.45) is 5.92 Å². The van der Waals surface area contributed by atoms with Gasteiger partial charge in [0.2, 0.25) is 0 Å². The summed E-state index contributed by atoms with van der Waals surface area (Å²) in [7, 11) is 1.55. The molecule has 0 aliphatic heterocycles. The molecule has 2 atom stereocenters. The van der Waals surface area contributed by atoms with E-state index in [0.29, 0.717) is 46.7 Å². The summed E-state index contributed by atoms with van der Waals surface area (Å²) < 4.78 is 37.1. The van der Waals surface area contributed by atoms with Crippen LogP contribution in [0, 0.1) is 17.6 Å². The van der Waals surface area contributed by atoms with E-state index in [0.717, 1.165) is 6.42 Å². The lowest BCUT2D eigenvalue weighted by Crippen LogP contribution is -2.24. The Balaban J connectivity index is 1.43. The van der Waals surface area contributed by atoms with E-state index in [2.05, 4.69) is 17.1 Å². The predicted octanol–water partition coefficient (Wildman–Crippen LogP) is 5.26. The normalized spacial score (nSPS) is 16.7. The number of hydrogen-bond donors (Lipinski definition) is 0. The maximum atomic E-state index is 14.5. The van der Waals surface area contributed by atoms with Gasteiger partial charge in [-0.05, 0) is 48.1 Å². The molecule has 0 amide bonds. The summed E-state index contributed by atoms with van der Waals surface area (Å²) in [6.45, 7) is -0.285. The molecule has 6 rings (SSSR count). The molecule has 5 aromatic rings. The van der Waals surface area contributed by atoms with Crippen LogP contribution in [0.4, 0.5) is 8.78 Å². The summed E-state index contributed by atoms with van der Waals surface area (Å²) in [4.78, 5) is 23.0. The van der Waals surface area contributed by atoms with Crippen molar-refractivity contribution in [2.75, 3.05) is 7.11 Å². The number of nitrogens with zero attached hydrogens (tertiary/aromatic N) is 4. The second-order valence-corrected chi connectivity index (χ2v) is 9.32. The topological polar surface area (TPSA) is 61.9 Å². The number of aromatic nitrogens is 4. The summed E-state index contributed by atoms with van der Waals surface area (Å²) in [6.07, 6.45) is 3.31. The second kappa shape index (κ2) is 9.28. The van der Waals surface area contributed by atoms with E-state index in [1.807, 2.05) is 18.2 Å². The van der Waals surface area contributed by atoms with Crippen LogP contribution < -0.4 is 10.4 Å². The molecule has 6 nitrogen and oxygen atoms in total. The standard InChI is InChI=1S/C29H24F2N4O2/c1-37-21-10-5-9-20(15-21)35-28-26(34(29(35)36)17-23-24(30)11-6-12-25(23)31)16-32-27(33-28)14-19-13-22(19)18-7-3-2-4-8-18/h2-12,15-16,19,22H,13-14,17H2,1H3/t19-,22-/m0/s1. The van der Waals surface area contributed by atoms with Crippen molar-refractivity contribution in [3.8, 4) is 11.4 Å². The molecular weight excluding hydrogens is 474 g/mol. The quantitative estimate of drug-likeness (QED) is 0.307. The van der Waals surface area contributed by atoms with Crippen LogP contribution in [0.1, 0.15) is 29.3 Å². The minimum Gasteiger partial charge on any atom is -0.497 e. The van der Waals surface area contributed by atoms with Crippen molar-refractivity contribution in [1.29, 1.82) is 0 Å². The number of ether oxygens (including phenoxy) is 1. The maximum absolute atomic E-state index is 14.5. The van der Waals surface area contributed by atoms with Crippen molar-refractivity contribution >= 4 is 11.2 Å². The summed E-state index contributed by atoms with van der Waals surface area (Å²) in [5.74, 6) is 0.658. The molecule has 0 unspecified atom stereocenters. The Morgan fingerprint density at radius 3 is 2.51 bits per heavy atom. The van der Waals surface area contributed by atoms with Crippen molar-refractivity contribution < 1.29 is 13.5 Å². The van der Waals surface area contributed by atoms with Gasteiger partial charge in [-0.2, -0.15) is 0 Å². The van der Waals surface area contributed by atoms with Gasteiger partial charge in [-0.1, -0.05) is 42.5 Å². The zero-order chi connectivity index (χ0) is 25.5. The van der Waals surface area contributed by atoms with Gasteiger partial charge in [0, 0.05) is 18.1 Å². The summed E-state index contributed by atoms with van der Waals surface area (Å²) in [6, 6.07) is 21.1. The zero-order valence-corrected chi connectivity index (χ0v) is 20.1. The van der Waals surface area contributed by atoms with Gasteiger partial charge in [-0.25, -0.2) is 28.1 Å². The molecule has 8 heteroatoms. The molecular formula is C29H24F2N4O2. The van der Waals surface area contributed by atoms with Crippen molar-refractivity contribution in [3.63, 3.8) is 0 Å². The fourth-order valence-corrected chi connectivity index (χ4v) is 4.96. The van der Waals surface area contributed by atoms with Gasteiger partial charge in [0.15, 0.2) is 5.65 Å². The number of imidazole rings is 1. The van der Waals surface area contributed by atoms with Crippen LogP contribution in [0.3, 0.4) is 0 Å². The lowest BCUT2D eigenvalue weighted by atomic mass is 10.1. The highest BCUT2D eigenvalue weighted by molar-refractivity contribution is 5.73. The molecule has 37 heavy (non-hydrogen) atoms. The number of methoxy groups -OCH3 is 1. The molecule has 186 valence electrons. The second-order valence-electron chi connectivity index (χ2n) is 9.32. The van der Waals surface area contributed by atoms with Crippen molar-refractivity contribution in [3.05, 3.63) is 118 Å². The van der Waals surface area contributed by atoms with E-state index >= 15 is 0 Å². The Hall–Kier alpha value is -4.33. The fraction of sp³-hybridized carbons (Fsp3) is 0.207. The number of benzene rings is 3. The monoisotopic (exact) mass is 498 g/mol. The summed E-state index contributed by atoms with van der Waals surface area (Å²) in [5.41, 5.74) is 1.97. The van der Waals surface area contributed by atoms with Gasteiger partial charge in [0.1, 0.15) is 28.7 Å². The molecule has 1 saturated carbocycles. The number of hydrogen-bond acceptors (Lipinski definition) is 4. The molecule has 1 fully saturated rings. The molecule has 3 aromatic carbocycles. The van der Waals surface area contributed by atoms with Gasteiger partial charge >= 0.3 is 5.69 Å². The molecule has 2 heterocycles. The molecule has 1 aliphatic rings. The van der Waals surface area contributed by atoms with Crippen LogP contribution in [0.2, 0.25) is 0 Å². The lowest BCUT2D eigenvalue weighted by Gasteiger charge is -2.06. The van der Waals surface area contributed by atoms with E-state index in [1.54, 1.807) is 37.6 Å². The maximum Gasteiger partial charge on any atom is 0.335 e. The third-order valence-electron chi connectivity index (χ3n) is 7.01. The van der Waals surface area contributed by atoms with Gasteiger partial charge < -0.3 is 4.74 Å². The highest BCUT2D eigenvalue weighted by atomic mass is 19.1. The number of fused-ring (bicyclic) bond motifs is 1. The molecule has 1 aliphatic carbocycles. The van der Waals surface area contributed by atoms with E-state index < -0.39 is 17.3 Å². The average Bonchev–Trinajstić information content (AvgIpc) is 3.63. The summed E-state index contributed by atoms with van der Waals surface area (Å²) >= 11 is 0. The van der Waals surface area contributed by atoms with Crippen molar-refractivity contribution in [1.82, 2.24) is 19.1 Å². The van der Waals surface area contributed by atoms with Crippen LogP contribution >= 0.6 is 0 Å². The smallest absolute Gasteiger partial charge is 0.335 e. The van der Waals surface area contributed by atoms with Crippen LogP contribution in [0.5, 0.6) is 5.75 Å². The van der Waals surface area contributed by atoms with Gasteiger partial charge in [-0.3, -0.25) is 4.57 Å². The van der Waals surface area contributed by atoms with Crippen LogP contribution in [-0.2, 0) is 13.0 Å². The Kier molecular flexibility index (Phi) is 5.79. The van der Waals surface area contributed by atoms with E-state index in [-0.39, 0.29) is 12.1 Å². The minimum atomic E-state index is -0.715. The predicted molar refractivity (Wildman–Crippen MR) is 136 cm³/mol. The Morgan fingerprint density at radius 1 is 1.00 bits per heavy atom. The van der Waals surface area contributed by atoms with E-state index in [4.69, 9.17) is 9.72 Å². The average molecular weight is 499 g/mol. The third-order valence-corrected chi connectivity index (χ3v) is 7.01. The van der Waals surface area contributed by atoms with E-state index in [9.17, 15) is 13.6 Å². The first kappa shape index (κ1) is 23.1. The minimum absolute atomic E-state index is 0.193. The first-order valence-corrected chi connectivity index (χ1v) is 12.1. The number of rotatable bonds is 7. The Labute approximate surface area is 211 Å². The van der Waals surface area contributed by atoms with Crippen molar-refractivity contribution in [2.45, 2.75) is 25.3 Å². The SMILES string of the molecule is COc1cccc(-n2c(=O)n(Cc3c(F)cccc3F)c3cnc(C[C@@H]4C[C@H]4c4ccccc4)nc32)c1. The highest BCUT2D eigenvalue weighted by Gasteiger charge is 2.38. The first-order valence-electron chi connectivity index (χ1n) is 12.1. The Bertz CT molecular complexity index is 1640. The van der Waals surface area contributed by atoms with Gasteiger partial charge in [0.25, 0.3) is 0 Å². The summed E-state index contributed by atoms with van der Waals surface area (Å²) in [5, 5.41) is 0. The van der Waals surface area contributed by atoms with E-state index in [1.165, 1.54) is 32.9 Å². The van der Waals surface area contributed by atoms with Gasteiger partial charge in [-0.15, -0.1) is 0 Å². The number of halogens is 2. The molecule has 0 saturated heterocycles. The molecule has 0 radical (unpaired) electrons. The largest absolute Gasteiger partial charge is 0.497 e. The molecule has 0 bridgehead atoms. The Morgan fingerprint density at radius 2 is 1.76 bits per heavy atom. The molecule has 0 spiro atoms. The van der Waals surface area contributed by atoms with Crippen LogP contribution in [0.15, 0.2) is 83.8 Å². The zero-order valence-electron chi connectivity index (χ0n) is 20.1. The van der Waals surface area contributed by atoms with Crippen LogP contribution in [0.25, 0.3) is 16.9 Å². The third kappa shape index (κ3) is 4.28. The van der Waals surface area contributed by atoms with Gasteiger partial charge in [0.05, 0.1) is 25.5 Å². The fourth-order valence-electron chi connectivity index (χ4n) is 4.96. The van der Waals surface area contributed by atoms with Crippen LogP contribution in [-0.4, -0.2) is 26.2 Å². The molecule has 2 aromatic heterocycles. The highest BCUT2D eigenvalue weighted by Crippen LogP contribution is 2.48. The lowest BCUT2D eigenvalue weighted by molar-refractivity contribution is 0.414. The molecule has 0 N–H and O–H groups in total. The first-order chi connectivity index (χ1) is 18.0.